The number of nitrogens with two attached hydrogens (primary N) is 1. The Morgan fingerprint density at radius 3 is 2.66 bits per heavy atom. The third kappa shape index (κ3) is 6.46. The molecule has 0 radical (unpaired) electrons. The van der Waals surface area contributed by atoms with Crippen molar-refractivity contribution in [3.05, 3.63) is 46.6 Å². The Morgan fingerprint density at radius 1 is 1.37 bits per heavy atom. The highest BCUT2D eigenvalue weighted by Gasteiger charge is 2.54. The number of thioether (sulfide) groups is 1. The molecular formula is C21H22N8O9S3. The molecule has 0 bridgehead atoms. The van der Waals surface area contributed by atoms with Crippen LogP contribution in [0.2, 0.25) is 0 Å². The molecule has 0 aliphatic carbocycles. The van der Waals surface area contributed by atoms with Gasteiger partial charge in [-0.1, -0.05) is 17.3 Å². The summed E-state index contributed by atoms with van der Waals surface area (Å²) < 4.78 is 36.3. The van der Waals surface area contributed by atoms with E-state index in [4.69, 9.17) is 28.1 Å². The van der Waals surface area contributed by atoms with Gasteiger partial charge in [-0.2, -0.15) is 0 Å². The molecule has 1 aromatic carbocycles. The van der Waals surface area contributed by atoms with Gasteiger partial charge in [-0.05, 0) is 12.1 Å². The van der Waals surface area contributed by atoms with Gasteiger partial charge in [0.15, 0.2) is 21.9 Å². The van der Waals surface area contributed by atoms with Crippen LogP contribution in [0, 0.1) is 0 Å². The van der Waals surface area contributed by atoms with E-state index in [0.29, 0.717) is 11.3 Å². The van der Waals surface area contributed by atoms with Crippen LogP contribution in [0.25, 0.3) is 11.0 Å². The monoisotopic (exact) mass is 626 g/mol. The number of nitrogens with zero attached hydrogens (tertiary/aromatic N) is 6. The number of amides is 2. The summed E-state index contributed by atoms with van der Waals surface area (Å²) in [5, 5.41) is 22.0. The number of nitrogens with one attached hydrogen (secondary N) is 1. The zero-order valence-corrected chi connectivity index (χ0v) is 23.6. The minimum Gasteiger partial charge on any atom is -0.726 e. The molecule has 218 valence electrons. The predicted molar refractivity (Wildman–Crippen MR) is 143 cm³/mol. The maximum absolute atomic E-state index is 13.1. The van der Waals surface area contributed by atoms with Crippen molar-refractivity contribution in [3.63, 3.8) is 0 Å². The standard InChI is InChI=1S/C21H20N8O5S2.H2O4S/c1-27-12-5-3-4-6-13(12)28(26-27)7-10-8-35-19-15(18(31)29(19)16(10)20(32)33)24-17(30)14(25-34-2)11-9-36-21(22)23-11;1-5(2,3)4/h3-6,9,15,19H,7-8H2,1-2H3,(H3-,22,23,24,30,32,33);(H2,1,2,3,4)/b25-14-;/t15-,19-;/m1./s1. The minimum atomic E-state index is -4.92. The zero-order chi connectivity index (χ0) is 30.1. The number of aryl methyl sites for hydroxylation is 1. The van der Waals surface area contributed by atoms with Crippen molar-refractivity contribution >= 4 is 73.2 Å². The molecule has 2 amide bonds. The first-order valence-corrected chi connectivity index (χ1v) is 14.6. The fourth-order valence-corrected chi connectivity index (χ4v) is 6.10. The topological polar surface area (TPSA) is 246 Å². The number of para-hydroxylation sites is 2. The maximum Gasteiger partial charge on any atom is 0.352 e. The van der Waals surface area contributed by atoms with Crippen molar-refractivity contribution in [2.24, 2.45) is 12.2 Å². The number of aliphatic carboxylic acids is 1. The SMILES string of the molecule is CO/N=C(\C(=O)N[C@@H]1C(=O)N2C(C(=O)O)=C(Cn3n[n+](C)c4ccccc43)CS[C@H]12)c1csc(N)n1.O=S(=O)([O-])O. The number of hydrogen-bond acceptors (Lipinski definition) is 13. The second kappa shape index (κ2) is 11.8. The summed E-state index contributed by atoms with van der Waals surface area (Å²) in [6, 6.07) is 6.67. The van der Waals surface area contributed by atoms with Crippen LogP contribution < -0.4 is 15.7 Å². The fraction of sp³-hybridized carbons (Fsp3) is 0.286. The second-order valence-electron chi connectivity index (χ2n) is 8.40. The van der Waals surface area contributed by atoms with Crippen molar-refractivity contribution in [1.82, 2.24) is 25.1 Å². The summed E-state index contributed by atoms with van der Waals surface area (Å²) in [7, 11) is -1.82. The molecule has 1 saturated heterocycles. The van der Waals surface area contributed by atoms with E-state index in [9.17, 15) is 19.5 Å². The lowest BCUT2D eigenvalue weighted by Gasteiger charge is -2.49. The number of β-lactam (4-membered cyclic amide) rings is 1. The number of thiazole rings is 1. The average molecular weight is 627 g/mol. The number of carboxylic acids is 1. The van der Waals surface area contributed by atoms with Crippen LogP contribution in [0.5, 0.6) is 0 Å². The number of fused-ring (bicyclic) bond motifs is 2. The highest BCUT2D eigenvalue weighted by atomic mass is 32.3. The molecule has 3 aromatic rings. The van der Waals surface area contributed by atoms with Crippen molar-refractivity contribution in [1.29, 1.82) is 0 Å². The summed E-state index contributed by atoms with van der Waals surface area (Å²) in [5.74, 6) is -2.07. The Balaban J connectivity index is 0.000000714. The summed E-state index contributed by atoms with van der Waals surface area (Å²) in [6.45, 7) is 0.208. The summed E-state index contributed by atoms with van der Waals surface area (Å²) in [4.78, 5) is 48.2. The van der Waals surface area contributed by atoms with E-state index in [0.717, 1.165) is 22.4 Å². The van der Waals surface area contributed by atoms with Crippen LogP contribution in [0.15, 0.2) is 46.1 Å². The molecule has 20 heteroatoms. The first kappa shape index (κ1) is 29.9. The third-order valence-electron chi connectivity index (χ3n) is 5.79. The van der Waals surface area contributed by atoms with Crippen molar-refractivity contribution in [3.8, 4) is 0 Å². The van der Waals surface area contributed by atoms with E-state index in [1.165, 1.54) is 23.8 Å². The number of anilines is 1. The van der Waals surface area contributed by atoms with Crippen molar-refractivity contribution < 1.29 is 46.5 Å². The number of aromatic nitrogens is 4. The van der Waals surface area contributed by atoms with E-state index < -0.39 is 39.6 Å². The number of carbonyl (C=O) groups excluding carboxylic acids is 2. The maximum atomic E-state index is 13.1. The lowest BCUT2D eigenvalue weighted by molar-refractivity contribution is -0.709. The molecule has 5 rings (SSSR count). The van der Waals surface area contributed by atoms with E-state index in [2.05, 4.69) is 20.7 Å². The van der Waals surface area contributed by atoms with Gasteiger partial charge >= 0.3 is 5.97 Å². The fourth-order valence-electron chi connectivity index (χ4n) is 4.22. The molecule has 2 atom stereocenters. The number of benzene rings is 1. The van der Waals surface area contributed by atoms with Gasteiger partial charge < -0.3 is 25.5 Å². The second-order valence-corrected chi connectivity index (χ2v) is 11.2. The Kier molecular flexibility index (Phi) is 8.58. The van der Waals surface area contributed by atoms with E-state index >= 15 is 0 Å². The highest BCUT2D eigenvalue weighted by Crippen LogP contribution is 2.40. The average Bonchev–Trinajstić information content (AvgIpc) is 3.47. The highest BCUT2D eigenvalue weighted by molar-refractivity contribution is 8.00. The van der Waals surface area contributed by atoms with Gasteiger partial charge in [0.2, 0.25) is 10.4 Å². The Hall–Kier alpha value is -4.11. The molecular weight excluding hydrogens is 604 g/mol. The van der Waals surface area contributed by atoms with E-state index in [-0.39, 0.29) is 28.8 Å². The van der Waals surface area contributed by atoms with E-state index in [1.807, 2.05) is 31.3 Å². The molecule has 1 fully saturated rings. The first-order chi connectivity index (χ1) is 19.3. The summed E-state index contributed by atoms with van der Waals surface area (Å²) >= 11 is 2.50. The molecule has 2 aliphatic rings. The van der Waals surface area contributed by atoms with Gasteiger partial charge in [-0.15, -0.1) is 32.5 Å². The summed E-state index contributed by atoms with van der Waals surface area (Å²) in [5.41, 5.74) is 7.94. The summed E-state index contributed by atoms with van der Waals surface area (Å²) in [6.07, 6.45) is 0. The number of hydrogen-bond donors (Lipinski definition) is 4. The predicted octanol–water partition coefficient (Wildman–Crippen LogP) is -1.31. The molecule has 41 heavy (non-hydrogen) atoms. The van der Waals surface area contributed by atoms with Gasteiger partial charge in [-0.25, -0.2) is 18.2 Å². The Bertz CT molecular complexity index is 1690. The molecule has 0 spiro atoms. The third-order valence-corrected chi connectivity index (χ3v) is 7.80. The molecule has 2 aromatic heterocycles. The lowest BCUT2D eigenvalue weighted by Crippen LogP contribution is -2.71. The quantitative estimate of drug-likeness (QED) is 0.0595. The Morgan fingerprint density at radius 2 is 2.05 bits per heavy atom. The van der Waals surface area contributed by atoms with Gasteiger partial charge in [0.25, 0.3) is 11.8 Å². The molecule has 0 unspecified atom stereocenters. The molecule has 5 N–H and O–H groups in total. The number of oxime groups is 1. The zero-order valence-electron chi connectivity index (χ0n) is 21.2. The molecule has 4 heterocycles. The minimum absolute atomic E-state index is 0.0884. The van der Waals surface area contributed by atoms with Crippen molar-refractivity contribution in [2.75, 3.05) is 18.6 Å². The van der Waals surface area contributed by atoms with Crippen LogP contribution >= 0.6 is 23.1 Å². The first-order valence-electron chi connectivity index (χ1n) is 11.3. The van der Waals surface area contributed by atoms with Crippen LogP contribution in [0.3, 0.4) is 0 Å². The number of carboxylic acid groups (broad SMARTS) is 1. The van der Waals surface area contributed by atoms with Crippen molar-refractivity contribution in [2.45, 2.75) is 18.0 Å². The lowest BCUT2D eigenvalue weighted by atomic mass is 10.0. The Labute approximate surface area is 239 Å². The molecule has 0 saturated carbocycles. The van der Waals surface area contributed by atoms with Crippen LogP contribution in [-0.4, -0.2) is 90.2 Å². The molecule has 2 aliphatic heterocycles. The van der Waals surface area contributed by atoms with Gasteiger partial charge in [0.1, 0.15) is 43.5 Å². The number of nitrogen functional groups attached to an aromatic ring is 1. The van der Waals surface area contributed by atoms with E-state index in [1.54, 1.807) is 14.7 Å². The normalized spacial score (nSPS) is 18.8. The smallest absolute Gasteiger partial charge is 0.352 e. The van der Waals surface area contributed by atoms with Crippen LogP contribution in [0.1, 0.15) is 5.69 Å². The molecule has 17 nitrogen and oxygen atoms in total. The number of rotatable bonds is 7. The largest absolute Gasteiger partial charge is 0.726 e. The number of carbonyl (C=O) groups is 3. The van der Waals surface area contributed by atoms with Gasteiger partial charge in [0.05, 0.1) is 5.21 Å². The van der Waals surface area contributed by atoms with Gasteiger partial charge in [0, 0.05) is 16.7 Å². The van der Waals surface area contributed by atoms with Crippen LogP contribution in [-0.2, 0) is 43.2 Å². The van der Waals surface area contributed by atoms with Gasteiger partial charge in [-0.3, -0.25) is 19.0 Å². The van der Waals surface area contributed by atoms with Crippen LogP contribution in [0.4, 0.5) is 5.13 Å².